The fourth-order valence-corrected chi connectivity index (χ4v) is 1.98. The Morgan fingerprint density at radius 2 is 2.44 bits per heavy atom. The Kier molecular flexibility index (Phi) is 2.78. The van der Waals surface area contributed by atoms with E-state index in [1.54, 1.807) is 7.05 Å². The molecule has 6 nitrogen and oxygen atoms in total. The number of fused-ring (bicyclic) bond motifs is 1. The van der Waals surface area contributed by atoms with Gasteiger partial charge in [-0.15, -0.1) is 0 Å². The third-order valence-electron chi connectivity index (χ3n) is 2.64. The number of nitrogens with one attached hydrogen (secondary N) is 2. The number of nitrogens with zero attached hydrogens (tertiary/aromatic N) is 2. The number of aromatic nitrogens is 2. The molecule has 0 bridgehead atoms. The lowest BCUT2D eigenvalue weighted by Crippen LogP contribution is -2.41. The first-order chi connectivity index (χ1) is 7.63. The van der Waals surface area contributed by atoms with Crippen LogP contribution in [0.3, 0.4) is 0 Å². The number of aromatic amines is 1. The van der Waals surface area contributed by atoms with Crippen molar-refractivity contribution in [3.63, 3.8) is 0 Å². The molecule has 2 heterocycles. The van der Waals surface area contributed by atoms with Crippen LogP contribution in [0.1, 0.15) is 21.7 Å². The maximum atomic E-state index is 10.9. The summed E-state index contributed by atoms with van der Waals surface area (Å²) < 4.78 is 0. The van der Waals surface area contributed by atoms with Gasteiger partial charge in [-0.2, -0.15) is 5.10 Å². The summed E-state index contributed by atoms with van der Waals surface area (Å²) in [5.74, 6) is -0.984. The summed E-state index contributed by atoms with van der Waals surface area (Å²) in [7, 11) is 1.77. The van der Waals surface area contributed by atoms with Crippen LogP contribution in [0.25, 0.3) is 0 Å². The molecule has 2 rings (SSSR count). The van der Waals surface area contributed by atoms with E-state index in [1.165, 1.54) is 0 Å². The average molecular weight is 240 g/mol. The molecule has 0 spiro atoms. The molecule has 1 aromatic heterocycles. The SMILES string of the molecule is CNC(=S)N1CCc2c(C(=O)O)n[nH]c2C1. The summed E-state index contributed by atoms with van der Waals surface area (Å²) in [4.78, 5) is 12.8. The van der Waals surface area contributed by atoms with E-state index in [1.807, 2.05) is 4.90 Å². The molecule has 0 aromatic carbocycles. The summed E-state index contributed by atoms with van der Waals surface area (Å²) in [6, 6.07) is 0. The molecule has 0 atom stereocenters. The summed E-state index contributed by atoms with van der Waals surface area (Å²) in [6.45, 7) is 1.29. The number of carbonyl (C=O) groups is 1. The van der Waals surface area contributed by atoms with E-state index < -0.39 is 5.97 Å². The van der Waals surface area contributed by atoms with Crippen LogP contribution >= 0.6 is 12.2 Å². The molecule has 1 aliphatic heterocycles. The van der Waals surface area contributed by atoms with E-state index >= 15 is 0 Å². The highest BCUT2D eigenvalue weighted by Crippen LogP contribution is 2.20. The summed E-state index contributed by atoms with van der Waals surface area (Å²) in [5, 5.41) is 19.0. The van der Waals surface area contributed by atoms with Gasteiger partial charge in [-0.3, -0.25) is 5.10 Å². The molecule has 1 aromatic rings. The molecule has 0 radical (unpaired) electrons. The zero-order valence-electron chi connectivity index (χ0n) is 8.78. The Labute approximate surface area is 97.6 Å². The van der Waals surface area contributed by atoms with Crippen molar-refractivity contribution >= 4 is 23.3 Å². The second-order valence-corrected chi connectivity index (χ2v) is 3.95. The lowest BCUT2D eigenvalue weighted by molar-refractivity contribution is 0.0689. The summed E-state index contributed by atoms with van der Waals surface area (Å²) in [5.41, 5.74) is 1.76. The minimum Gasteiger partial charge on any atom is -0.476 e. The standard InChI is InChI=1S/C9H12N4O2S/c1-10-9(16)13-3-2-5-6(4-13)11-12-7(5)8(14)15/h2-4H2,1H3,(H,10,16)(H,11,12)(H,14,15). The van der Waals surface area contributed by atoms with Crippen molar-refractivity contribution in [2.24, 2.45) is 0 Å². The van der Waals surface area contributed by atoms with Gasteiger partial charge in [0.2, 0.25) is 0 Å². The molecular formula is C9H12N4O2S. The Hall–Kier alpha value is -1.63. The molecule has 86 valence electrons. The van der Waals surface area contributed by atoms with Crippen molar-refractivity contribution in [1.82, 2.24) is 20.4 Å². The van der Waals surface area contributed by atoms with Gasteiger partial charge in [-0.25, -0.2) is 4.79 Å². The quantitative estimate of drug-likeness (QED) is 0.598. The van der Waals surface area contributed by atoms with Crippen molar-refractivity contribution < 1.29 is 9.90 Å². The predicted molar refractivity (Wildman–Crippen MR) is 61.3 cm³/mol. The van der Waals surface area contributed by atoms with Crippen LogP contribution in [0.5, 0.6) is 0 Å². The molecule has 3 N–H and O–H groups in total. The number of rotatable bonds is 1. The highest BCUT2D eigenvalue weighted by Gasteiger charge is 2.25. The molecule has 0 amide bonds. The third kappa shape index (κ3) is 1.73. The van der Waals surface area contributed by atoms with Crippen molar-refractivity contribution in [2.75, 3.05) is 13.6 Å². The van der Waals surface area contributed by atoms with Crippen LogP contribution in [-0.4, -0.2) is 44.9 Å². The molecule has 0 unspecified atom stereocenters. The molecule has 1 aliphatic rings. The maximum absolute atomic E-state index is 10.9. The number of hydrogen-bond acceptors (Lipinski definition) is 3. The first kappa shape index (κ1) is 10.9. The van der Waals surface area contributed by atoms with Crippen molar-refractivity contribution in [2.45, 2.75) is 13.0 Å². The highest BCUT2D eigenvalue weighted by molar-refractivity contribution is 7.80. The monoisotopic (exact) mass is 240 g/mol. The lowest BCUT2D eigenvalue weighted by Gasteiger charge is -2.28. The van der Waals surface area contributed by atoms with Gasteiger partial charge in [0.1, 0.15) is 0 Å². The van der Waals surface area contributed by atoms with Gasteiger partial charge in [0, 0.05) is 19.2 Å². The molecule has 0 aliphatic carbocycles. The molecule has 0 fully saturated rings. The molecular weight excluding hydrogens is 228 g/mol. The number of hydrogen-bond donors (Lipinski definition) is 3. The normalized spacial score (nSPS) is 14.4. The fraction of sp³-hybridized carbons (Fsp3) is 0.444. The Morgan fingerprint density at radius 3 is 3.06 bits per heavy atom. The van der Waals surface area contributed by atoms with Gasteiger partial charge in [0.15, 0.2) is 10.8 Å². The predicted octanol–water partition coefficient (Wildman–Crippen LogP) is -0.0297. The second-order valence-electron chi connectivity index (χ2n) is 3.56. The number of H-pyrrole nitrogens is 1. The number of carboxylic acid groups (broad SMARTS) is 1. The zero-order valence-corrected chi connectivity index (χ0v) is 9.60. The minimum absolute atomic E-state index is 0.130. The Balaban J connectivity index is 2.23. The van der Waals surface area contributed by atoms with Gasteiger partial charge in [0.05, 0.1) is 12.2 Å². The molecule has 16 heavy (non-hydrogen) atoms. The topological polar surface area (TPSA) is 81.2 Å². The largest absolute Gasteiger partial charge is 0.476 e. The third-order valence-corrected chi connectivity index (χ3v) is 3.10. The van der Waals surface area contributed by atoms with Crippen LogP contribution in [0.4, 0.5) is 0 Å². The van der Waals surface area contributed by atoms with Crippen LogP contribution < -0.4 is 5.32 Å². The fourth-order valence-electron chi connectivity index (χ4n) is 1.83. The van der Waals surface area contributed by atoms with E-state index in [0.29, 0.717) is 24.6 Å². The first-order valence-electron chi connectivity index (χ1n) is 4.89. The van der Waals surface area contributed by atoms with Gasteiger partial charge >= 0.3 is 5.97 Å². The van der Waals surface area contributed by atoms with Crippen LogP contribution in [0.15, 0.2) is 0 Å². The first-order valence-corrected chi connectivity index (χ1v) is 5.30. The highest BCUT2D eigenvalue weighted by atomic mass is 32.1. The van der Waals surface area contributed by atoms with E-state index in [9.17, 15) is 4.79 Å². The van der Waals surface area contributed by atoms with Crippen molar-refractivity contribution in [1.29, 1.82) is 0 Å². The summed E-state index contributed by atoms with van der Waals surface area (Å²) in [6.07, 6.45) is 0.648. The zero-order chi connectivity index (χ0) is 11.7. The van der Waals surface area contributed by atoms with Crippen LogP contribution in [0, 0.1) is 0 Å². The van der Waals surface area contributed by atoms with Crippen LogP contribution in [-0.2, 0) is 13.0 Å². The minimum atomic E-state index is -0.984. The van der Waals surface area contributed by atoms with Crippen molar-refractivity contribution in [3.05, 3.63) is 17.0 Å². The van der Waals surface area contributed by atoms with Gasteiger partial charge in [0.25, 0.3) is 0 Å². The summed E-state index contributed by atoms with van der Waals surface area (Å²) >= 11 is 5.13. The average Bonchev–Trinajstić information content (AvgIpc) is 2.70. The second kappa shape index (κ2) is 4.09. The van der Waals surface area contributed by atoms with E-state index in [4.69, 9.17) is 17.3 Å². The number of thiocarbonyl (C=S) groups is 1. The van der Waals surface area contributed by atoms with E-state index in [0.717, 1.165) is 11.3 Å². The smallest absolute Gasteiger partial charge is 0.356 e. The van der Waals surface area contributed by atoms with Crippen LogP contribution in [0.2, 0.25) is 0 Å². The number of carboxylic acids is 1. The van der Waals surface area contributed by atoms with Gasteiger partial charge in [-0.1, -0.05) is 0 Å². The molecule has 7 heteroatoms. The number of aromatic carboxylic acids is 1. The Morgan fingerprint density at radius 1 is 1.69 bits per heavy atom. The Bertz CT molecular complexity index is 443. The van der Waals surface area contributed by atoms with E-state index in [-0.39, 0.29) is 5.69 Å². The molecule has 0 saturated carbocycles. The van der Waals surface area contributed by atoms with Gasteiger partial charge in [-0.05, 0) is 18.6 Å². The van der Waals surface area contributed by atoms with Gasteiger partial charge < -0.3 is 15.3 Å². The van der Waals surface area contributed by atoms with E-state index in [2.05, 4.69) is 15.5 Å². The maximum Gasteiger partial charge on any atom is 0.356 e. The van der Waals surface area contributed by atoms with Crippen molar-refractivity contribution in [3.8, 4) is 0 Å². The molecule has 0 saturated heterocycles. The lowest BCUT2D eigenvalue weighted by atomic mass is 10.0.